The number of nitrogens with two attached hydrogens (primary N) is 2. The molecule has 9 heteroatoms. The Morgan fingerprint density at radius 2 is 1.65 bits per heavy atom. The van der Waals surface area contributed by atoms with Crippen LogP contribution in [0.5, 0.6) is 0 Å². The van der Waals surface area contributed by atoms with E-state index in [-0.39, 0.29) is 23.4 Å². The SMILES string of the molecule is CCOC(=O)C(N=Nc1cc(C(N)=O)cc(C(N)=O)c1)=C(C)O. The van der Waals surface area contributed by atoms with Crippen LogP contribution in [0, 0.1) is 0 Å². The molecule has 122 valence electrons. The second-order valence-corrected chi connectivity index (χ2v) is 4.35. The molecule has 2 amide bonds. The summed E-state index contributed by atoms with van der Waals surface area (Å²) in [6, 6.07) is 3.73. The normalized spacial score (nSPS) is 11.9. The van der Waals surface area contributed by atoms with Crippen LogP contribution in [0.4, 0.5) is 5.69 Å². The maximum Gasteiger partial charge on any atom is 0.362 e. The lowest BCUT2D eigenvalue weighted by Crippen LogP contribution is -2.15. The zero-order valence-electron chi connectivity index (χ0n) is 12.6. The summed E-state index contributed by atoms with van der Waals surface area (Å²) in [5, 5.41) is 16.7. The average Bonchev–Trinajstić information content (AvgIpc) is 2.46. The van der Waals surface area contributed by atoms with Crippen LogP contribution in [-0.4, -0.2) is 29.5 Å². The van der Waals surface area contributed by atoms with Crippen LogP contribution in [0.25, 0.3) is 0 Å². The molecule has 0 aliphatic heterocycles. The van der Waals surface area contributed by atoms with Crippen LogP contribution in [0.2, 0.25) is 0 Å². The molecule has 0 heterocycles. The Kier molecular flexibility index (Phi) is 5.95. The highest BCUT2D eigenvalue weighted by Crippen LogP contribution is 2.20. The highest BCUT2D eigenvalue weighted by atomic mass is 16.5. The first-order valence-electron chi connectivity index (χ1n) is 6.49. The minimum absolute atomic E-state index is 0.00219. The first kappa shape index (κ1) is 17.8. The summed E-state index contributed by atoms with van der Waals surface area (Å²) < 4.78 is 4.72. The van der Waals surface area contributed by atoms with Gasteiger partial charge in [0.15, 0.2) is 0 Å². The Morgan fingerprint density at radius 3 is 2.04 bits per heavy atom. The van der Waals surface area contributed by atoms with Crippen LogP contribution in [0.3, 0.4) is 0 Å². The minimum atomic E-state index is -0.863. The number of carbonyl (C=O) groups is 3. The van der Waals surface area contributed by atoms with Crippen molar-refractivity contribution in [2.45, 2.75) is 13.8 Å². The van der Waals surface area contributed by atoms with Gasteiger partial charge in [-0.25, -0.2) is 4.79 Å². The first-order valence-corrected chi connectivity index (χ1v) is 6.49. The average molecular weight is 320 g/mol. The number of primary amides is 2. The molecule has 0 fully saturated rings. The highest BCUT2D eigenvalue weighted by molar-refractivity contribution is 5.99. The van der Waals surface area contributed by atoms with Crippen molar-refractivity contribution in [3.8, 4) is 0 Å². The van der Waals surface area contributed by atoms with Crippen LogP contribution in [0.1, 0.15) is 34.6 Å². The number of azo groups is 1. The molecular formula is C14H16N4O5. The smallest absolute Gasteiger partial charge is 0.362 e. The number of allylic oxidation sites excluding steroid dienone is 1. The molecule has 0 aliphatic carbocycles. The summed E-state index contributed by atoms with van der Waals surface area (Å²) in [6.45, 7) is 2.92. The van der Waals surface area contributed by atoms with E-state index >= 15 is 0 Å². The maximum absolute atomic E-state index is 11.6. The molecule has 0 radical (unpaired) electrons. The Balaban J connectivity index is 3.25. The molecule has 1 rings (SSSR count). The van der Waals surface area contributed by atoms with E-state index in [1.54, 1.807) is 6.92 Å². The van der Waals surface area contributed by atoms with E-state index in [0.717, 1.165) is 0 Å². The predicted octanol–water partition coefficient (Wildman–Crippen LogP) is 1.32. The Labute approximate surface area is 131 Å². The summed E-state index contributed by atoms with van der Waals surface area (Å²) in [5.74, 6) is -2.83. The summed E-state index contributed by atoms with van der Waals surface area (Å²) in [4.78, 5) is 34.1. The molecule has 0 saturated heterocycles. The van der Waals surface area contributed by atoms with E-state index in [9.17, 15) is 19.5 Å². The van der Waals surface area contributed by atoms with Gasteiger partial charge in [-0.3, -0.25) is 9.59 Å². The van der Waals surface area contributed by atoms with Gasteiger partial charge < -0.3 is 21.3 Å². The van der Waals surface area contributed by atoms with Gasteiger partial charge in [0.05, 0.1) is 12.3 Å². The molecular weight excluding hydrogens is 304 g/mol. The molecule has 0 aromatic heterocycles. The van der Waals surface area contributed by atoms with E-state index < -0.39 is 29.2 Å². The van der Waals surface area contributed by atoms with Gasteiger partial charge in [-0.1, -0.05) is 0 Å². The van der Waals surface area contributed by atoms with E-state index in [1.807, 2.05) is 0 Å². The van der Waals surface area contributed by atoms with Crippen LogP contribution >= 0.6 is 0 Å². The third-order valence-electron chi connectivity index (χ3n) is 2.56. The fourth-order valence-corrected chi connectivity index (χ4v) is 1.52. The number of rotatable bonds is 6. The van der Waals surface area contributed by atoms with Gasteiger partial charge in [-0.15, -0.1) is 5.11 Å². The van der Waals surface area contributed by atoms with Gasteiger partial charge in [0, 0.05) is 11.1 Å². The van der Waals surface area contributed by atoms with E-state index in [4.69, 9.17) is 16.2 Å². The lowest BCUT2D eigenvalue weighted by Gasteiger charge is -2.04. The van der Waals surface area contributed by atoms with Crippen molar-refractivity contribution in [1.29, 1.82) is 0 Å². The van der Waals surface area contributed by atoms with Crippen molar-refractivity contribution in [2.24, 2.45) is 21.7 Å². The third-order valence-corrected chi connectivity index (χ3v) is 2.56. The number of benzene rings is 1. The molecule has 0 saturated carbocycles. The molecule has 1 aromatic rings. The molecule has 0 aliphatic rings. The Hall–Kier alpha value is -3.23. The van der Waals surface area contributed by atoms with E-state index in [0.29, 0.717) is 0 Å². The van der Waals surface area contributed by atoms with Crippen molar-refractivity contribution in [3.63, 3.8) is 0 Å². The monoisotopic (exact) mass is 320 g/mol. The van der Waals surface area contributed by atoms with Crippen LogP contribution in [0.15, 0.2) is 39.9 Å². The highest BCUT2D eigenvalue weighted by Gasteiger charge is 2.14. The van der Waals surface area contributed by atoms with Crippen LogP contribution < -0.4 is 11.5 Å². The summed E-state index contributed by atoms with van der Waals surface area (Å²) >= 11 is 0. The quantitative estimate of drug-likeness (QED) is 0.311. The van der Waals surface area contributed by atoms with Crippen molar-refractivity contribution in [2.75, 3.05) is 6.61 Å². The number of hydrogen-bond acceptors (Lipinski definition) is 7. The van der Waals surface area contributed by atoms with E-state index in [2.05, 4.69) is 10.2 Å². The molecule has 5 N–H and O–H groups in total. The number of carbonyl (C=O) groups excluding carboxylic acids is 3. The van der Waals surface area contributed by atoms with E-state index in [1.165, 1.54) is 25.1 Å². The second-order valence-electron chi connectivity index (χ2n) is 4.35. The van der Waals surface area contributed by atoms with Gasteiger partial charge in [0.25, 0.3) is 0 Å². The third kappa shape index (κ3) is 4.92. The van der Waals surface area contributed by atoms with Crippen LogP contribution in [-0.2, 0) is 9.53 Å². The maximum atomic E-state index is 11.6. The second kappa shape index (κ2) is 7.69. The number of hydrogen-bond donors (Lipinski definition) is 3. The number of ether oxygens (including phenoxy) is 1. The molecule has 0 bridgehead atoms. The zero-order chi connectivity index (χ0) is 17.6. The fraction of sp³-hybridized carbons (Fsp3) is 0.214. The first-order chi connectivity index (χ1) is 10.8. The molecule has 0 unspecified atom stereocenters. The van der Waals surface area contributed by atoms with Gasteiger partial charge >= 0.3 is 5.97 Å². The van der Waals surface area contributed by atoms with Crippen molar-refractivity contribution >= 4 is 23.5 Å². The Bertz CT molecular complexity index is 673. The molecule has 0 spiro atoms. The lowest BCUT2D eigenvalue weighted by atomic mass is 10.1. The van der Waals surface area contributed by atoms with Crippen molar-refractivity contribution in [3.05, 3.63) is 40.8 Å². The number of aliphatic hydroxyl groups excluding tert-OH is 1. The lowest BCUT2D eigenvalue weighted by molar-refractivity contribution is -0.138. The molecule has 1 aromatic carbocycles. The van der Waals surface area contributed by atoms with Gasteiger partial charge in [-0.05, 0) is 32.0 Å². The minimum Gasteiger partial charge on any atom is -0.510 e. The molecule has 9 nitrogen and oxygen atoms in total. The summed E-state index contributed by atoms with van der Waals surface area (Å²) in [7, 11) is 0. The number of nitrogens with zero attached hydrogens (tertiary/aromatic N) is 2. The standard InChI is InChI=1S/C14H16N4O5/c1-3-23-14(22)11(7(2)19)18-17-10-5-8(12(15)20)4-9(6-10)13(16)21/h4-6,19H,3H2,1-2H3,(H2,15,20)(H2,16,21). The Morgan fingerprint density at radius 1 is 1.13 bits per heavy atom. The largest absolute Gasteiger partial charge is 0.510 e. The fourth-order valence-electron chi connectivity index (χ4n) is 1.52. The van der Waals surface area contributed by atoms with Crippen molar-refractivity contribution in [1.82, 2.24) is 0 Å². The number of aliphatic hydroxyl groups is 1. The zero-order valence-corrected chi connectivity index (χ0v) is 12.6. The van der Waals surface area contributed by atoms with Crippen molar-refractivity contribution < 1.29 is 24.2 Å². The van der Waals surface area contributed by atoms with Gasteiger partial charge in [-0.2, -0.15) is 5.11 Å². The molecule has 0 atom stereocenters. The summed E-state index contributed by atoms with van der Waals surface area (Å²) in [5.41, 5.74) is 9.96. The van der Waals surface area contributed by atoms with Gasteiger partial charge in [0.1, 0.15) is 5.76 Å². The summed E-state index contributed by atoms with van der Waals surface area (Å²) in [6.07, 6.45) is 0. The number of esters is 1. The predicted molar refractivity (Wildman–Crippen MR) is 80.0 cm³/mol. The topological polar surface area (TPSA) is 157 Å². The molecule has 23 heavy (non-hydrogen) atoms. The van der Waals surface area contributed by atoms with Gasteiger partial charge in [0.2, 0.25) is 17.5 Å². The number of amides is 2.